The molecule has 5 nitrogen and oxygen atoms in total. The van der Waals surface area contributed by atoms with Gasteiger partial charge in [-0.2, -0.15) is 13.2 Å². The predicted molar refractivity (Wildman–Crippen MR) is 144 cm³/mol. The predicted octanol–water partition coefficient (Wildman–Crippen LogP) is 7.10. The number of anilines is 1. The Balaban J connectivity index is 1.31. The van der Waals surface area contributed by atoms with Crippen molar-refractivity contribution in [3.63, 3.8) is 0 Å². The molecule has 0 aliphatic carbocycles. The zero-order chi connectivity index (χ0) is 27.4. The highest BCUT2D eigenvalue weighted by Crippen LogP contribution is 2.32. The minimum absolute atomic E-state index is 0.245. The smallest absolute Gasteiger partial charge is 0.348 e. The van der Waals surface area contributed by atoms with Gasteiger partial charge in [-0.25, -0.2) is 0 Å². The maximum atomic E-state index is 13.1. The van der Waals surface area contributed by atoms with Crippen LogP contribution < -0.4 is 10.6 Å². The highest BCUT2D eigenvalue weighted by molar-refractivity contribution is 6.09. The van der Waals surface area contributed by atoms with Crippen LogP contribution in [0.3, 0.4) is 0 Å². The van der Waals surface area contributed by atoms with Crippen LogP contribution in [0.4, 0.5) is 18.9 Å². The molecule has 0 saturated carbocycles. The molecule has 0 bridgehead atoms. The minimum atomic E-state index is -4.44. The molecule has 0 unspecified atom stereocenters. The van der Waals surface area contributed by atoms with Gasteiger partial charge in [0.05, 0.1) is 16.6 Å². The summed E-state index contributed by atoms with van der Waals surface area (Å²) in [6, 6.07) is 27.9. The lowest BCUT2D eigenvalue weighted by Crippen LogP contribution is -2.22. The molecule has 5 rings (SSSR count). The third kappa shape index (κ3) is 5.96. The Labute approximate surface area is 222 Å². The standard InChI is InChI=1S/C31H22F3N3O2/c32-31(33,34)24-13-10-21(11-14-24)26-8-4-5-9-27(26)30(39)37-25-15-12-22-16-23(19-35-28(22)17-25)29(38)36-18-20-6-2-1-3-7-20/h1-17,19H,18H2,(H,36,38)(H,37,39). The number of benzene rings is 4. The molecule has 8 heteroatoms. The van der Waals surface area contributed by atoms with Crippen molar-refractivity contribution in [2.75, 3.05) is 5.32 Å². The van der Waals surface area contributed by atoms with Crippen molar-refractivity contribution in [2.45, 2.75) is 12.7 Å². The molecule has 1 aromatic heterocycles. The summed E-state index contributed by atoms with van der Waals surface area (Å²) in [5.41, 5.74) is 3.04. The third-order valence-electron chi connectivity index (χ3n) is 6.20. The molecule has 2 N–H and O–H groups in total. The molecular formula is C31H22F3N3O2. The first-order valence-electron chi connectivity index (χ1n) is 12.1. The number of carbonyl (C=O) groups excluding carboxylic acids is 2. The minimum Gasteiger partial charge on any atom is -0.348 e. The van der Waals surface area contributed by atoms with E-state index in [1.165, 1.54) is 18.3 Å². The van der Waals surface area contributed by atoms with E-state index in [1.54, 1.807) is 48.5 Å². The molecule has 0 saturated heterocycles. The summed E-state index contributed by atoms with van der Waals surface area (Å²) in [5.74, 6) is -0.660. The van der Waals surface area contributed by atoms with Crippen molar-refractivity contribution in [1.29, 1.82) is 0 Å². The third-order valence-corrected chi connectivity index (χ3v) is 6.20. The highest BCUT2D eigenvalue weighted by Gasteiger charge is 2.30. The van der Waals surface area contributed by atoms with Crippen LogP contribution in [0.5, 0.6) is 0 Å². The summed E-state index contributed by atoms with van der Waals surface area (Å²) in [6.07, 6.45) is -2.96. The molecule has 0 atom stereocenters. The van der Waals surface area contributed by atoms with Gasteiger partial charge in [0.2, 0.25) is 0 Å². The van der Waals surface area contributed by atoms with Crippen LogP contribution in [0.25, 0.3) is 22.0 Å². The summed E-state index contributed by atoms with van der Waals surface area (Å²) in [5, 5.41) is 6.43. The van der Waals surface area contributed by atoms with Crippen molar-refractivity contribution in [2.24, 2.45) is 0 Å². The van der Waals surface area contributed by atoms with Crippen LogP contribution in [-0.4, -0.2) is 16.8 Å². The molecule has 2 amide bonds. The average molecular weight is 526 g/mol. The Kier molecular flexibility index (Phi) is 7.10. The lowest BCUT2D eigenvalue weighted by molar-refractivity contribution is -0.137. The highest BCUT2D eigenvalue weighted by atomic mass is 19.4. The summed E-state index contributed by atoms with van der Waals surface area (Å²) in [7, 11) is 0. The molecule has 0 spiro atoms. The van der Waals surface area contributed by atoms with E-state index >= 15 is 0 Å². The van der Waals surface area contributed by atoms with Gasteiger partial charge in [-0.15, -0.1) is 0 Å². The molecule has 5 aromatic rings. The zero-order valence-corrected chi connectivity index (χ0v) is 20.5. The number of hydrogen-bond donors (Lipinski definition) is 2. The Morgan fingerprint density at radius 1 is 0.769 bits per heavy atom. The number of nitrogens with zero attached hydrogens (tertiary/aromatic N) is 1. The zero-order valence-electron chi connectivity index (χ0n) is 20.5. The van der Waals surface area contributed by atoms with Gasteiger partial charge in [-0.05, 0) is 53.1 Å². The van der Waals surface area contributed by atoms with Gasteiger partial charge in [0.25, 0.3) is 11.8 Å². The number of pyridine rings is 1. The number of rotatable bonds is 6. The van der Waals surface area contributed by atoms with Crippen LogP contribution in [0.1, 0.15) is 31.8 Å². The number of aromatic nitrogens is 1. The summed E-state index contributed by atoms with van der Waals surface area (Å²) in [4.78, 5) is 30.1. The Hall–Kier alpha value is -4.98. The van der Waals surface area contributed by atoms with Gasteiger partial charge >= 0.3 is 6.18 Å². The summed E-state index contributed by atoms with van der Waals surface area (Å²) < 4.78 is 38.9. The van der Waals surface area contributed by atoms with E-state index in [2.05, 4.69) is 15.6 Å². The normalized spacial score (nSPS) is 11.3. The SMILES string of the molecule is O=C(NCc1ccccc1)c1cnc2cc(NC(=O)c3ccccc3-c3ccc(C(F)(F)F)cc3)ccc2c1. The van der Waals surface area contributed by atoms with E-state index in [9.17, 15) is 22.8 Å². The first-order valence-corrected chi connectivity index (χ1v) is 12.1. The molecule has 0 fully saturated rings. The van der Waals surface area contributed by atoms with Gasteiger partial charge in [-0.3, -0.25) is 14.6 Å². The lowest BCUT2D eigenvalue weighted by Gasteiger charge is -2.12. The second kappa shape index (κ2) is 10.8. The molecule has 1 heterocycles. The lowest BCUT2D eigenvalue weighted by atomic mass is 9.98. The fourth-order valence-corrected chi connectivity index (χ4v) is 4.17. The Bertz CT molecular complexity index is 1650. The van der Waals surface area contributed by atoms with Crippen molar-refractivity contribution in [3.05, 3.63) is 132 Å². The molecule has 0 aliphatic rings. The van der Waals surface area contributed by atoms with Crippen molar-refractivity contribution < 1.29 is 22.8 Å². The van der Waals surface area contributed by atoms with E-state index in [0.29, 0.717) is 40.0 Å². The van der Waals surface area contributed by atoms with Gasteiger partial charge in [0.15, 0.2) is 0 Å². The van der Waals surface area contributed by atoms with Gasteiger partial charge < -0.3 is 10.6 Å². The first-order chi connectivity index (χ1) is 18.8. The fourth-order valence-electron chi connectivity index (χ4n) is 4.17. The topological polar surface area (TPSA) is 71.1 Å². The van der Waals surface area contributed by atoms with Crippen LogP contribution in [0.2, 0.25) is 0 Å². The average Bonchev–Trinajstić information content (AvgIpc) is 2.95. The summed E-state index contributed by atoms with van der Waals surface area (Å²) >= 11 is 0. The first kappa shape index (κ1) is 25.7. The molecule has 194 valence electrons. The van der Waals surface area contributed by atoms with Gasteiger partial charge in [-0.1, -0.05) is 66.7 Å². The maximum Gasteiger partial charge on any atom is 0.416 e. The second-order valence-corrected chi connectivity index (χ2v) is 8.87. The van der Waals surface area contributed by atoms with Crippen molar-refractivity contribution in [3.8, 4) is 11.1 Å². The van der Waals surface area contributed by atoms with Crippen LogP contribution in [-0.2, 0) is 12.7 Å². The number of nitrogens with one attached hydrogen (secondary N) is 2. The van der Waals surface area contributed by atoms with E-state index in [-0.39, 0.29) is 5.91 Å². The van der Waals surface area contributed by atoms with Gasteiger partial charge in [0.1, 0.15) is 0 Å². The van der Waals surface area contributed by atoms with E-state index < -0.39 is 17.6 Å². The quantitative estimate of drug-likeness (QED) is 0.248. The van der Waals surface area contributed by atoms with E-state index in [1.807, 2.05) is 30.3 Å². The number of amides is 2. The van der Waals surface area contributed by atoms with Crippen LogP contribution >= 0.6 is 0 Å². The fraction of sp³-hybridized carbons (Fsp3) is 0.0645. The number of halogens is 3. The Morgan fingerprint density at radius 2 is 1.49 bits per heavy atom. The number of alkyl halides is 3. The number of fused-ring (bicyclic) bond motifs is 1. The maximum absolute atomic E-state index is 13.1. The van der Waals surface area contributed by atoms with E-state index in [0.717, 1.165) is 23.1 Å². The second-order valence-electron chi connectivity index (χ2n) is 8.87. The Morgan fingerprint density at radius 3 is 2.23 bits per heavy atom. The van der Waals surface area contributed by atoms with Crippen molar-refractivity contribution in [1.82, 2.24) is 10.3 Å². The summed E-state index contributed by atoms with van der Waals surface area (Å²) in [6.45, 7) is 0.399. The molecular weight excluding hydrogens is 503 g/mol. The number of carbonyl (C=O) groups is 2. The monoisotopic (exact) mass is 525 g/mol. The van der Waals surface area contributed by atoms with Gasteiger partial charge in [0, 0.05) is 29.4 Å². The largest absolute Gasteiger partial charge is 0.416 e. The van der Waals surface area contributed by atoms with Crippen LogP contribution in [0.15, 0.2) is 109 Å². The molecule has 0 aliphatic heterocycles. The number of hydrogen-bond acceptors (Lipinski definition) is 3. The molecule has 39 heavy (non-hydrogen) atoms. The molecule has 0 radical (unpaired) electrons. The van der Waals surface area contributed by atoms with Crippen molar-refractivity contribution >= 4 is 28.4 Å². The van der Waals surface area contributed by atoms with Crippen LogP contribution in [0, 0.1) is 0 Å². The van der Waals surface area contributed by atoms with E-state index in [4.69, 9.17) is 0 Å². The molecule has 4 aromatic carbocycles.